The minimum atomic E-state index is -0.543. The summed E-state index contributed by atoms with van der Waals surface area (Å²) in [5.41, 5.74) is 6.49. The van der Waals surface area contributed by atoms with Gasteiger partial charge in [0.15, 0.2) is 0 Å². The number of phenolic OH excluding ortho intramolecular Hbond substituents is 1. The Balaban J connectivity index is 1.44. The van der Waals surface area contributed by atoms with Crippen molar-refractivity contribution in [3.8, 4) is 16.9 Å². The summed E-state index contributed by atoms with van der Waals surface area (Å²) in [5.74, 6) is 0.118. The number of carbonyl (C=O) groups excluding carboxylic acids is 1. The number of halogens is 2. The summed E-state index contributed by atoms with van der Waals surface area (Å²) in [4.78, 5) is 20.2. The second-order valence-electron chi connectivity index (χ2n) is 9.16. The van der Waals surface area contributed by atoms with E-state index in [1.807, 2.05) is 54.6 Å². The van der Waals surface area contributed by atoms with Gasteiger partial charge in [0, 0.05) is 28.2 Å². The van der Waals surface area contributed by atoms with Gasteiger partial charge in [-0.15, -0.1) is 0 Å². The molecule has 1 aliphatic rings. The Morgan fingerprint density at radius 2 is 1.59 bits per heavy atom. The number of phenols is 1. The molecule has 0 spiro atoms. The summed E-state index contributed by atoms with van der Waals surface area (Å²) in [7, 11) is 1.78. The second-order valence-corrected chi connectivity index (χ2v) is 10.0. The van der Waals surface area contributed by atoms with E-state index in [9.17, 15) is 9.90 Å². The number of likely N-dealkylation sites (N-methyl/N-ethyl adjacent to an activating group) is 1. The smallest absolute Gasteiger partial charge is 0.251 e. The van der Waals surface area contributed by atoms with Crippen molar-refractivity contribution in [1.82, 2.24) is 0 Å². The van der Waals surface area contributed by atoms with Gasteiger partial charge in [0.25, 0.3) is 5.91 Å². The molecule has 0 aromatic heterocycles. The van der Waals surface area contributed by atoms with Gasteiger partial charge < -0.3 is 10.0 Å². The number of hydrogen-bond acceptors (Lipinski definition) is 3. The Labute approximate surface area is 226 Å². The summed E-state index contributed by atoms with van der Waals surface area (Å²) in [6.07, 6.45) is 2.18. The number of aliphatic imine (C=N–C) groups is 1. The summed E-state index contributed by atoms with van der Waals surface area (Å²) in [5, 5.41) is 11.1. The molecule has 0 aliphatic carbocycles. The SMILES string of the molecule is CN1C(=O)C(CCCc2ccccc2-c2cccc(Cl)c2)N=C(c2ccc(O)cc2)c2cc(Cl)ccc21. The highest BCUT2D eigenvalue weighted by atomic mass is 35.5. The van der Waals surface area contributed by atoms with Gasteiger partial charge in [-0.1, -0.05) is 59.6 Å². The predicted octanol–water partition coefficient (Wildman–Crippen LogP) is 7.57. The minimum absolute atomic E-state index is 0.0551. The van der Waals surface area contributed by atoms with E-state index in [0.29, 0.717) is 22.2 Å². The standard InChI is InChI=1S/C31H26Cl2N2O2/c1-35-29-17-14-24(33)19-27(29)30(21-12-15-25(36)16-13-21)34-28(31(35)37)11-5-7-20-6-2-3-10-26(20)22-8-4-9-23(32)18-22/h2-4,6,8-10,12-19,28,36H,5,7,11H2,1H3. The maximum atomic E-state index is 13.5. The molecular weight excluding hydrogens is 503 g/mol. The molecule has 37 heavy (non-hydrogen) atoms. The van der Waals surface area contributed by atoms with Crippen LogP contribution in [-0.4, -0.2) is 29.8 Å². The van der Waals surface area contributed by atoms with Crippen molar-refractivity contribution in [3.63, 3.8) is 0 Å². The summed E-state index contributed by atoms with van der Waals surface area (Å²) in [6, 6.07) is 28.0. The average Bonchev–Trinajstić information content (AvgIpc) is 3.00. The number of carbonyl (C=O) groups is 1. The topological polar surface area (TPSA) is 52.9 Å². The van der Waals surface area contributed by atoms with Crippen molar-refractivity contribution in [2.75, 3.05) is 11.9 Å². The van der Waals surface area contributed by atoms with Crippen LogP contribution in [0.5, 0.6) is 5.75 Å². The van der Waals surface area contributed by atoms with Crippen LogP contribution in [0, 0.1) is 0 Å². The summed E-state index contributed by atoms with van der Waals surface area (Å²) >= 11 is 12.6. The third kappa shape index (κ3) is 5.41. The van der Waals surface area contributed by atoms with Crippen LogP contribution in [-0.2, 0) is 11.2 Å². The van der Waals surface area contributed by atoms with Gasteiger partial charge >= 0.3 is 0 Å². The predicted molar refractivity (Wildman–Crippen MR) is 152 cm³/mol. The van der Waals surface area contributed by atoms with Crippen molar-refractivity contribution in [3.05, 3.63) is 118 Å². The van der Waals surface area contributed by atoms with Gasteiger partial charge in [-0.05, 0) is 90.6 Å². The lowest BCUT2D eigenvalue weighted by Gasteiger charge is -2.20. The van der Waals surface area contributed by atoms with Crippen LogP contribution < -0.4 is 4.90 Å². The maximum absolute atomic E-state index is 13.5. The van der Waals surface area contributed by atoms with E-state index in [1.54, 1.807) is 30.1 Å². The molecule has 0 saturated carbocycles. The molecule has 1 unspecified atom stereocenters. The molecule has 1 N–H and O–H groups in total. The normalized spacial score (nSPS) is 15.2. The number of aromatic hydroxyl groups is 1. The van der Waals surface area contributed by atoms with E-state index >= 15 is 0 Å². The molecule has 1 amide bonds. The van der Waals surface area contributed by atoms with Gasteiger partial charge in [0.2, 0.25) is 0 Å². The van der Waals surface area contributed by atoms with Crippen LogP contribution >= 0.6 is 23.2 Å². The Bertz CT molecular complexity index is 1480. The number of fused-ring (bicyclic) bond motifs is 1. The van der Waals surface area contributed by atoms with Crippen molar-refractivity contribution in [2.24, 2.45) is 4.99 Å². The molecular formula is C31H26Cl2N2O2. The summed E-state index contributed by atoms with van der Waals surface area (Å²) in [6.45, 7) is 0. The zero-order valence-electron chi connectivity index (χ0n) is 20.4. The van der Waals surface area contributed by atoms with Crippen molar-refractivity contribution in [1.29, 1.82) is 0 Å². The van der Waals surface area contributed by atoms with E-state index in [4.69, 9.17) is 28.2 Å². The molecule has 4 aromatic rings. The lowest BCUT2D eigenvalue weighted by molar-refractivity contribution is -0.119. The van der Waals surface area contributed by atoms with Crippen molar-refractivity contribution < 1.29 is 9.90 Å². The molecule has 6 heteroatoms. The number of benzene rings is 4. The van der Waals surface area contributed by atoms with E-state index in [1.165, 1.54) is 5.56 Å². The molecule has 1 atom stereocenters. The average molecular weight is 529 g/mol. The Kier molecular flexibility index (Phi) is 7.31. The third-order valence-corrected chi connectivity index (χ3v) is 7.16. The van der Waals surface area contributed by atoms with E-state index in [0.717, 1.165) is 40.8 Å². The Morgan fingerprint density at radius 3 is 2.38 bits per heavy atom. The van der Waals surface area contributed by atoms with E-state index in [2.05, 4.69) is 18.2 Å². The zero-order chi connectivity index (χ0) is 25.9. The first-order chi connectivity index (χ1) is 17.9. The summed E-state index contributed by atoms with van der Waals surface area (Å²) < 4.78 is 0. The number of nitrogens with zero attached hydrogens (tertiary/aromatic N) is 2. The third-order valence-electron chi connectivity index (χ3n) is 6.69. The van der Waals surface area contributed by atoms with Crippen molar-refractivity contribution >= 4 is 40.5 Å². The number of amides is 1. The number of benzodiazepines with no additional fused rings is 1. The molecule has 0 saturated heterocycles. The highest BCUT2D eigenvalue weighted by Crippen LogP contribution is 2.32. The Hall–Kier alpha value is -3.60. The van der Waals surface area contributed by atoms with Crippen LogP contribution in [0.3, 0.4) is 0 Å². The fourth-order valence-electron chi connectivity index (χ4n) is 4.81. The Morgan fingerprint density at radius 1 is 0.838 bits per heavy atom. The van der Waals surface area contributed by atoms with Gasteiger partial charge in [-0.3, -0.25) is 9.79 Å². The van der Waals surface area contributed by atoms with Crippen LogP contribution in [0.4, 0.5) is 5.69 Å². The molecule has 4 nitrogen and oxygen atoms in total. The molecule has 0 fully saturated rings. The fraction of sp³-hybridized carbons (Fsp3) is 0.161. The second kappa shape index (κ2) is 10.8. The lowest BCUT2D eigenvalue weighted by Crippen LogP contribution is -2.34. The van der Waals surface area contributed by atoms with Gasteiger partial charge in [0.05, 0.1) is 11.4 Å². The molecule has 186 valence electrons. The molecule has 1 aliphatic heterocycles. The number of aryl methyl sites for hydroxylation is 1. The van der Waals surface area contributed by atoms with Crippen molar-refractivity contribution in [2.45, 2.75) is 25.3 Å². The first-order valence-electron chi connectivity index (χ1n) is 12.2. The van der Waals surface area contributed by atoms with Gasteiger partial charge in [0.1, 0.15) is 11.8 Å². The number of anilines is 1. The quantitative estimate of drug-likeness (QED) is 0.280. The van der Waals surface area contributed by atoms with Crippen LogP contribution in [0.25, 0.3) is 11.1 Å². The number of rotatable bonds is 6. The van der Waals surface area contributed by atoms with Crippen LogP contribution in [0.2, 0.25) is 10.0 Å². The van der Waals surface area contributed by atoms with Gasteiger partial charge in [-0.25, -0.2) is 0 Å². The maximum Gasteiger partial charge on any atom is 0.251 e. The van der Waals surface area contributed by atoms with Gasteiger partial charge in [-0.2, -0.15) is 0 Å². The molecule has 0 radical (unpaired) electrons. The van der Waals surface area contributed by atoms with Crippen LogP contribution in [0.15, 0.2) is 96.0 Å². The fourth-order valence-corrected chi connectivity index (χ4v) is 5.17. The largest absolute Gasteiger partial charge is 0.508 e. The minimum Gasteiger partial charge on any atom is -0.508 e. The molecule has 4 aromatic carbocycles. The van der Waals surface area contributed by atoms with Crippen LogP contribution in [0.1, 0.15) is 29.5 Å². The first-order valence-corrected chi connectivity index (χ1v) is 12.9. The monoisotopic (exact) mass is 528 g/mol. The van der Waals surface area contributed by atoms with E-state index < -0.39 is 6.04 Å². The molecule has 1 heterocycles. The highest BCUT2D eigenvalue weighted by Gasteiger charge is 2.30. The first kappa shape index (κ1) is 25.1. The zero-order valence-corrected chi connectivity index (χ0v) is 21.9. The highest BCUT2D eigenvalue weighted by molar-refractivity contribution is 6.32. The van der Waals surface area contributed by atoms with E-state index in [-0.39, 0.29) is 11.7 Å². The number of hydrogen-bond donors (Lipinski definition) is 1. The lowest BCUT2D eigenvalue weighted by atomic mass is 9.95. The molecule has 5 rings (SSSR count). The molecule has 0 bridgehead atoms.